The van der Waals surface area contributed by atoms with E-state index in [1.54, 1.807) is 49.4 Å². The lowest BCUT2D eigenvalue weighted by molar-refractivity contribution is 0.102. The zero-order valence-corrected chi connectivity index (χ0v) is 21.3. The smallest absolute Gasteiger partial charge is 0.255 e. The number of anilines is 1. The van der Waals surface area contributed by atoms with Crippen molar-refractivity contribution in [2.75, 3.05) is 5.32 Å². The molecule has 0 saturated carbocycles. The maximum Gasteiger partial charge on any atom is 0.255 e. The molecule has 0 bridgehead atoms. The molecular weight excluding hydrogens is 484 g/mol. The van der Waals surface area contributed by atoms with E-state index in [9.17, 15) is 13.2 Å². The largest absolute Gasteiger partial charge is 0.572 e. The molecule has 0 aliphatic heterocycles. The first kappa shape index (κ1) is 24.6. The highest BCUT2D eigenvalue weighted by Crippen LogP contribution is 2.31. The van der Waals surface area contributed by atoms with E-state index < -0.39 is 10.0 Å². The van der Waals surface area contributed by atoms with Gasteiger partial charge in [-0.05, 0) is 91.4 Å². The molecule has 0 saturated heterocycles. The van der Waals surface area contributed by atoms with Gasteiger partial charge in [-0.15, -0.1) is 5.69 Å². The van der Waals surface area contributed by atoms with E-state index in [0.29, 0.717) is 23.5 Å². The number of fused-ring (bicyclic) bond motifs is 1. The fourth-order valence-electron chi connectivity index (χ4n) is 4.32. The monoisotopic (exact) mass is 511 g/mol. The van der Waals surface area contributed by atoms with Gasteiger partial charge >= 0.3 is 0 Å². The summed E-state index contributed by atoms with van der Waals surface area (Å²) in [4.78, 5) is 12.8. The number of sulfonamides is 1. The number of nitrogens with zero attached hydrogens (tertiary/aromatic N) is 1. The third-order valence-electron chi connectivity index (χ3n) is 6.44. The molecular formula is C30H27N2O4S-. The number of nitrogens with one attached hydrogen (secondary N) is 1. The number of aryl methyl sites for hydroxylation is 3. The van der Waals surface area contributed by atoms with E-state index in [-0.39, 0.29) is 10.8 Å². The van der Waals surface area contributed by atoms with Crippen LogP contribution in [0, 0.1) is 6.92 Å². The number of ether oxygens (including phenoxy) is 1. The van der Waals surface area contributed by atoms with Crippen molar-refractivity contribution in [3.8, 4) is 5.75 Å². The molecule has 1 aliphatic rings. The molecule has 1 N–H and O–H groups in total. The first-order valence-corrected chi connectivity index (χ1v) is 13.6. The number of carbonyl (C=O) groups is 1. The van der Waals surface area contributed by atoms with Crippen LogP contribution >= 0.6 is 0 Å². The van der Waals surface area contributed by atoms with Gasteiger partial charge in [-0.2, -0.15) is 0 Å². The number of hydrogen-bond donors (Lipinski definition) is 1. The van der Waals surface area contributed by atoms with Crippen molar-refractivity contribution in [2.24, 2.45) is 0 Å². The third kappa shape index (κ3) is 5.84. The van der Waals surface area contributed by atoms with Crippen molar-refractivity contribution < 1.29 is 17.9 Å². The summed E-state index contributed by atoms with van der Waals surface area (Å²) < 4.78 is 35.2. The standard InChI is InChI=1S/C30H27N2O4S/c1-21-5-2-3-8-29(21)32-37(34,35)28-17-14-26(15-18-28)31-30(33)24-11-9-22(10-12-24)20-36-27-16-13-23-6-4-7-25(23)19-27/h2-3,5,8-19H,4,6-7,20H2,1H3,(H,31,33)/q-1. The molecule has 0 spiro atoms. The minimum Gasteiger partial charge on any atom is -0.572 e. The Balaban J connectivity index is 1.17. The molecule has 6 nitrogen and oxygen atoms in total. The number of carbonyl (C=O) groups excluding carboxylic acids is 1. The predicted octanol–water partition coefficient (Wildman–Crippen LogP) is 6.71. The Kier molecular flexibility index (Phi) is 6.97. The highest BCUT2D eigenvalue weighted by Gasteiger charge is 2.12. The zero-order valence-electron chi connectivity index (χ0n) is 20.5. The third-order valence-corrected chi connectivity index (χ3v) is 7.74. The number of amides is 1. The van der Waals surface area contributed by atoms with Gasteiger partial charge in [0.1, 0.15) is 22.4 Å². The zero-order chi connectivity index (χ0) is 25.8. The van der Waals surface area contributed by atoms with Crippen LogP contribution < -0.4 is 10.1 Å². The van der Waals surface area contributed by atoms with Crippen molar-refractivity contribution in [2.45, 2.75) is 37.7 Å². The van der Waals surface area contributed by atoms with Crippen LogP contribution in [0.1, 0.15) is 39.0 Å². The van der Waals surface area contributed by atoms with Gasteiger partial charge in [0.05, 0.1) is 4.90 Å². The van der Waals surface area contributed by atoms with Crippen molar-refractivity contribution >= 4 is 27.3 Å². The van der Waals surface area contributed by atoms with Crippen LogP contribution in [-0.4, -0.2) is 14.3 Å². The quantitative estimate of drug-likeness (QED) is 0.285. The summed E-state index contributed by atoms with van der Waals surface area (Å²) in [6, 6.07) is 26.5. The second-order valence-corrected chi connectivity index (χ2v) is 10.7. The molecule has 0 atom stereocenters. The van der Waals surface area contributed by atoms with Gasteiger partial charge in [-0.1, -0.05) is 48.0 Å². The molecule has 0 radical (unpaired) electrons. The molecule has 188 valence electrons. The van der Waals surface area contributed by atoms with Crippen molar-refractivity contribution in [3.05, 3.63) is 124 Å². The Bertz CT molecular complexity index is 1530. The molecule has 0 unspecified atom stereocenters. The van der Waals surface area contributed by atoms with E-state index in [1.165, 1.54) is 29.7 Å². The SMILES string of the molecule is Cc1ccccc1[N-]S(=O)(=O)c1ccc(NC(=O)c2ccc(COc3ccc4c(c3)CCC4)cc2)cc1. The molecule has 7 heteroatoms. The molecule has 4 aromatic rings. The normalized spacial score (nSPS) is 12.6. The second-order valence-electron chi connectivity index (χ2n) is 9.10. The Hall–Kier alpha value is -4.10. The van der Waals surface area contributed by atoms with Gasteiger partial charge in [-0.3, -0.25) is 4.79 Å². The van der Waals surface area contributed by atoms with E-state index in [4.69, 9.17) is 4.74 Å². The van der Waals surface area contributed by atoms with Crippen molar-refractivity contribution in [1.29, 1.82) is 0 Å². The predicted molar refractivity (Wildman–Crippen MR) is 145 cm³/mol. The van der Waals surface area contributed by atoms with Gasteiger partial charge in [-0.25, -0.2) is 8.42 Å². The second kappa shape index (κ2) is 10.5. The fraction of sp³-hybridized carbons (Fsp3) is 0.167. The van der Waals surface area contributed by atoms with Crippen LogP contribution in [-0.2, 0) is 29.5 Å². The Morgan fingerprint density at radius 3 is 2.38 bits per heavy atom. The summed E-state index contributed by atoms with van der Waals surface area (Å²) in [5.41, 5.74) is 5.91. The topological polar surface area (TPSA) is 86.6 Å². The Morgan fingerprint density at radius 1 is 0.892 bits per heavy atom. The van der Waals surface area contributed by atoms with Gasteiger partial charge < -0.3 is 14.8 Å². The Labute approximate surface area is 217 Å². The summed E-state index contributed by atoms with van der Waals surface area (Å²) in [5, 5.41) is 2.80. The lowest BCUT2D eigenvalue weighted by Gasteiger charge is -2.24. The first-order chi connectivity index (χ1) is 17.9. The van der Waals surface area contributed by atoms with Gasteiger partial charge in [0.25, 0.3) is 5.91 Å². The average molecular weight is 512 g/mol. The van der Waals surface area contributed by atoms with E-state index in [2.05, 4.69) is 22.2 Å². The maximum absolute atomic E-state index is 12.7. The first-order valence-electron chi connectivity index (χ1n) is 12.2. The molecule has 1 amide bonds. The Morgan fingerprint density at radius 2 is 1.62 bits per heavy atom. The van der Waals surface area contributed by atoms with Crippen LogP contribution in [0.3, 0.4) is 0 Å². The van der Waals surface area contributed by atoms with Crippen LogP contribution in [0.5, 0.6) is 5.75 Å². The van der Waals surface area contributed by atoms with E-state index in [1.807, 2.05) is 24.3 Å². The number of benzene rings is 4. The van der Waals surface area contributed by atoms with Crippen LogP contribution in [0.2, 0.25) is 0 Å². The van der Waals surface area contributed by atoms with Crippen molar-refractivity contribution in [3.63, 3.8) is 0 Å². The van der Waals surface area contributed by atoms with Gasteiger partial charge in [0, 0.05) is 11.3 Å². The molecule has 5 rings (SSSR count). The van der Waals surface area contributed by atoms with E-state index in [0.717, 1.165) is 29.7 Å². The summed E-state index contributed by atoms with van der Waals surface area (Å²) in [7, 11) is -3.87. The molecule has 4 aromatic carbocycles. The lowest BCUT2D eigenvalue weighted by Crippen LogP contribution is -2.12. The van der Waals surface area contributed by atoms with E-state index >= 15 is 0 Å². The van der Waals surface area contributed by atoms with Crippen LogP contribution in [0.4, 0.5) is 11.4 Å². The summed E-state index contributed by atoms with van der Waals surface area (Å²) in [6.07, 6.45) is 3.46. The van der Waals surface area contributed by atoms with Crippen molar-refractivity contribution in [1.82, 2.24) is 0 Å². The fourth-order valence-corrected chi connectivity index (χ4v) is 5.37. The summed E-state index contributed by atoms with van der Waals surface area (Å²) >= 11 is 0. The maximum atomic E-state index is 12.7. The lowest BCUT2D eigenvalue weighted by atomic mass is 10.1. The number of hydrogen-bond acceptors (Lipinski definition) is 4. The molecule has 0 aromatic heterocycles. The van der Waals surface area contributed by atoms with Crippen LogP contribution in [0.25, 0.3) is 4.72 Å². The average Bonchev–Trinajstić information content (AvgIpc) is 3.37. The molecule has 0 fully saturated rings. The highest BCUT2D eigenvalue weighted by atomic mass is 32.2. The van der Waals surface area contributed by atoms with Gasteiger partial charge in [0.15, 0.2) is 0 Å². The molecule has 37 heavy (non-hydrogen) atoms. The van der Waals surface area contributed by atoms with Crippen LogP contribution in [0.15, 0.2) is 95.9 Å². The minimum absolute atomic E-state index is 0.0569. The number of rotatable bonds is 8. The van der Waals surface area contributed by atoms with Gasteiger partial charge in [0.2, 0.25) is 0 Å². The minimum atomic E-state index is -3.87. The molecule has 0 heterocycles. The molecule has 1 aliphatic carbocycles. The summed E-state index contributed by atoms with van der Waals surface area (Å²) in [6.45, 7) is 2.23. The summed E-state index contributed by atoms with van der Waals surface area (Å²) in [5.74, 6) is 0.575. The highest BCUT2D eigenvalue weighted by molar-refractivity contribution is 7.94.